The molecule has 0 saturated heterocycles. The van der Waals surface area contributed by atoms with Gasteiger partial charge in [0.05, 0.1) is 6.61 Å². The Balaban J connectivity index is 3.09. The second-order valence-electron chi connectivity index (χ2n) is 8.36. The maximum atomic E-state index is 5.68. The monoisotopic (exact) mass is 407 g/mol. The van der Waals surface area contributed by atoms with Gasteiger partial charge in [-0.1, -0.05) is 102 Å². The molecule has 0 aromatic rings. The highest BCUT2D eigenvalue weighted by Crippen LogP contribution is 2.08. The van der Waals surface area contributed by atoms with Crippen LogP contribution in [-0.4, -0.2) is 26.3 Å². The van der Waals surface area contributed by atoms with E-state index < -0.39 is 0 Å². The molecule has 0 aliphatic heterocycles. The minimum absolute atomic E-state index is 0.871. The number of hydrogen-bond acceptors (Lipinski definition) is 2. The smallest absolute Gasteiger partial charge is 0.0590 e. The predicted molar refractivity (Wildman–Crippen MR) is 132 cm³/mol. The molecule has 0 saturated carbocycles. The standard InChI is InChI=1S/C27H53NO/c1-3-5-7-9-10-11-12-13-14-15-16-17-18-19-20-22-24-28-25-27-29-26-23-21-8-6-4-2/h10-11,13-14,28H,3-9,12,15-27H2,1-2H3/b11-10-,14-13-. The highest BCUT2D eigenvalue weighted by molar-refractivity contribution is 4.92. The maximum absolute atomic E-state index is 5.68. The lowest BCUT2D eigenvalue weighted by Crippen LogP contribution is -2.21. The van der Waals surface area contributed by atoms with Gasteiger partial charge in [0.1, 0.15) is 0 Å². The van der Waals surface area contributed by atoms with Crippen LogP contribution in [0.2, 0.25) is 0 Å². The van der Waals surface area contributed by atoms with Crippen molar-refractivity contribution in [3.8, 4) is 0 Å². The first-order valence-electron chi connectivity index (χ1n) is 13.0. The lowest BCUT2D eigenvalue weighted by atomic mass is 10.1. The zero-order chi connectivity index (χ0) is 21.1. The number of rotatable bonds is 24. The normalized spacial score (nSPS) is 11.9. The molecule has 0 radical (unpaired) electrons. The van der Waals surface area contributed by atoms with Crippen LogP contribution in [0.4, 0.5) is 0 Å². The van der Waals surface area contributed by atoms with Gasteiger partial charge < -0.3 is 10.1 Å². The second-order valence-corrected chi connectivity index (χ2v) is 8.36. The Morgan fingerprint density at radius 1 is 0.517 bits per heavy atom. The summed E-state index contributed by atoms with van der Waals surface area (Å²) in [5.41, 5.74) is 0. The highest BCUT2D eigenvalue weighted by Gasteiger charge is 1.93. The molecule has 0 aromatic heterocycles. The van der Waals surface area contributed by atoms with E-state index in [0.717, 1.165) is 32.7 Å². The summed E-state index contributed by atoms with van der Waals surface area (Å²) in [6, 6.07) is 0. The van der Waals surface area contributed by atoms with Crippen LogP contribution in [0.1, 0.15) is 123 Å². The van der Waals surface area contributed by atoms with E-state index in [4.69, 9.17) is 4.74 Å². The van der Waals surface area contributed by atoms with Gasteiger partial charge in [0.15, 0.2) is 0 Å². The SMILES string of the molecule is CCCCC/C=C\C/C=C\CCCCCCCCNCCOCCCCCCC. The fourth-order valence-corrected chi connectivity index (χ4v) is 3.42. The van der Waals surface area contributed by atoms with Crippen molar-refractivity contribution in [2.45, 2.75) is 123 Å². The number of nitrogens with one attached hydrogen (secondary N) is 1. The fourth-order valence-electron chi connectivity index (χ4n) is 3.42. The summed E-state index contributed by atoms with van der Waals surface area (Å²) in [5.74, 6) is 0. The van der Waals surface area contributed by atoms with Gasteiger partial charge in [0, 0.05) is 13.2 Å². The van der Waals surface area contributed by atoms with Crippen molar-refractivity contribution in [1.82, 2.24) is 5.32 Å². The molecule has 172 valence electrons. The van der Waals surface area contributed by atoms with Crippen molar-refractivity contribution in [2.24, 2.45) is 0 Å². The van der Waals surface area contributed by atoms with E-state index in [0.29, 0.717) is 0 Å². The molecule has 0 aliphatic carbocycles. The van der Waals surface area contributed by atoms with Gasteiger partial charge in [0.2, 0.25) is 0 Å². The third-order valence-corrected chi connectivity index (χ3v) is 5.37. The summed E-state index contributed by atoms with van der Waals surface area (Å²) in [7, 11) is 0. The predicted octanol–water partition coefficient (Wildman–Crippen LogP) is 8.38. The molecular formula is C27H53NO. The van der Waals surface area contributed by atoms with Crippen molar-refractivity contribution >= 4 is 0 Å². The largest absolute Gasteiger partial charge is 0.380 e. The van der Waals surface area contributed by atoms with Gasteiger partial charge in [-0.15, -0.1) is 0 Å². The van der Waals surface area contributed by atoms with Crippen molar-refractivity contribution in [3.63, 3.8) is 0 Å². The molecule has 29 heavy (non-hydrogen) atoms. The van der Waals surface area contributed by atoms with E-state index in [9.17, 15) is 0 Å². The van der Waals surface area contributed by atoms with Crippen LogP contribution in [0.3, 0.4) is 0 Å². The molecule has 2 heteroatoms. The van der Waals surface area contributed by atoms with E-state index in [1.807, 2.05) is 0 Å². The van der Waals surface area contributed by atoms with Crippen LogP contribution in [0.5, 0.6) is 0 Å². The summed E-state index contributed by atoms with van der Waals surface area (Å²) in [6.45, 7) is 8.49. The van der Waals surface area contributed by atoms with Crippen molar-refractivity contribution in [2.75, 3.05) is 26.3 Å². The van der Waals surface area contributed by atoms with Gasteiger partial charge >= 0.3 is 0 Å². The van der Waals surface area contributed by atoms with Gasteiger partial charge in [-0.2, -0.15) is 0 Å². The van der Waals surface area contributed by atoms with Crippen LogP contribution in [-0.2, 0) is 4.74 Å². The Kier molecular flexibility index (Phi) is 26.8. The van der Waals surface area contributed by atoms with Crippen molar-refractivity contribution in [3.05, 3.63) is 24.3 Å². The molecule has 1 N–H and O–H groups in total. The maximum Gasteiger partial charge on any atom is 0.0590 e. The third-order valence-electron chi connectivity index (χ3n) is 5.37. The van der Waals surface area contributed by atoms with Crippen LogP contribution in [0, 0.1) is 0 Å². The minimum atomic E-state index is 0.871. The first-order valence-corrected chi connectivity index (χ1v) is 13.0. The van der Waals surface area contributed by atoms with E-state index in [-0.39, 0.29) is 0 Å². The van der Waals surface area contributed by atoms with E-state index in [1.54, 1.807) is 0 Å². The molecule has 0 heterocycles. The van der Waals surface area contributed by atoms with Crippen molar-refractivity contribution in [1.29, 1.82) is 0 Å². The van der Waals surface area contributed by atoms with E-state index >= 15 is 0 Å². The molecule has 0 fully saturated rings. The van der Waals surface area contributed by atoms with Crippen LogP contribution < -0.4 is 5.32 Å². The highest BCUT2D eigenvalue weighted by atomic mass is 16.5. The molecule has 0 bridgehead atoms. The second kappa shape index (κ2) is 27.4. The van der Waals surface area contributed by atoms with Crippen LogP contribution >= 0.6 is 0 Å². The summed E-state index contributed by atoms with van der Waals surface area (Å²) in [4.78, 5) is 0. The Morgan fingerprint density at radius 2 is 1.07 bits per heavy atom. The van der Waals surface area contributed by atoms with Gasteiger partial charge in [0.25, 0.3) is 0 Å². The third kappa shape index (κ3) is 27.4. The minimum Gasteiger partial charge on any atom is -0.380 e. The quantitative estimate of drug-likeness (QED) is 0.128. The van der Waals surface area contributed by atoms with Gasteiger partial charge in [-0.25, -0.2) is 0 Å². The number of ether oxygens (including phenoxy) is 1. The Hall–Kier alpha value is -0.600. The number of hydrogen-bond donors (Lipinski definition) is 1. The molecule has 0 amide bonds. The number of allylic oxidation sites excluding steroid dienone is 4. The topological polar surface area (TPSA) is 21.3 Å². The molecule has 0 aliphatic rings. The van der Waals surface area contributed by atoms with E-state index in [2.05, 4.69) is 43.5 Å². The first-order chi connectivity index (χ1) is 14.4. The van der Waals surface area contributed by atoms with Gasteiger partial charge in [-0.05, 0) is 51.5 Å². The molecule has 0 rings (SSSR count). The summed E-state index contributed by atoms with van der Waals surface area (Å²) < 4.78 is 5.68. The lowest BCUT2D eigenvalue weighted by molar-refractivity contribution is 0.131. The Morgan fingerprint density at radius 3 is 1.79 bits per heavy atom. The fraction of sp³-hybridized carbons (Fsp3) is 0.852. The van der Waals surface area contributed by atoms with Gasteiger partial charge in [-0.3, -0.25) is 0 Å². The Labute approximate surface area is 184 Å². The molecule has 0 atom stereocenters. The molecule has 0 spiro atoms. The zero-order valence-electron chi connectivity index (χ0n) is 20.1. The van der Waals surface area contributed by atoms with E-state index in [1.165, 1.54) is 103 Å². The molecule has 2 nitrogen and oxygen atoms in total. The summed E-state index contributed by atoms with van der Waals surface area (Å²) >= 11 is 0. The zero-order valence-corrected chi connectivity index (χ0v) is 20.1. The number of unbranched alkanes of at least 4 members (excludes halogenated alkanes) is 13. The lowest BCUT2D eigenvalue weighted by Gasteiger charge is -2.06. The average molecular weight is 408 g/mol. The van der Waals surface area contributed by atoms with Crippen LogP contribution in [0.25, 0.3) is 0 Å². The summed E-state index contributed by atoms with van der Waals surface area (Å²) in [6.07, 6.45) is 31.8. The first kappa shape index (κ1) is 28.4. The molecule has 0 aromatic carbocycles. The summed E-state index contributed by atoms with van der Waals surface area (Å²) in [5, 5.41) is 3.51. The van der Waals surface area contributed by atoms with Crippen LogP contribution in [0.15, 0.2) is 24.3 Å². The molecular weight excluding hydrogens is 354 g/mol. The van der Waals surface area contributed by atoms with Crippen molar-refractivity contribution < 1.29 is 4.74 Å². The Bertz CT molecular complexity index is 337. The molecule has 0 unspecified atom stereocenters. The average Bonchev–Trinajstić information content (AvgIpc) is 2.74.